The summed E-state index contributed by atoms with van der Waals surface area (Å²) in [5, 5.41) is 8.79. The highest BCUT2D eigenvalue weighted by Gasteiger charge is 2.28. The van der Waals surface area contributed by atoms with Gasteiger partial charge < -0.3 is 14.8 Å². The number of nitrogens with one attached hydrogen (secondary N) is 1. The number of benzene rings is 3. The first-order chi connectivity index (χ1) is 17.0. The van der Waals surface area contributed by atoms with Gasteiger partial charge in [-0.2, -0.15) is 10.1 Å². The van der Waals surface area contributed by atoms with Crippen molar-refractivity contribution in [3.05, 3.63) is 89.0 Å². The summed E-state index contributed by atoms with van der Waals surface area (Å²) >= 11 is 6.51. The molecular weight excluding hydrogens is 466 g/mol. The quantitative estimate of drug-likeness (QED) is 0.420. The maximum absolute atomic E-state index is 13.0. The monoisotopic (exact) mass is 489 g/mol. The molecule has 3 aromatic carbocycles. The fourth-order valence-electron chi connectivity index (χ4n) is 3.53. The zero-order chi connectivity index (χ0) is 24.8. The summed E-state index contributed by atoms with van der Waals surface area (Å²) in [5.41, 5.74) is 3.04. The van der Waals surface area contributed by atoms with E-state index < -0.39 is 0 Å². The second-order valence-electron chi connectivity index (χ2n) is 7.66. The van der Waals surface area contributed by atoms with Gasteiger partial charge in [-0.05, 0) is 61.9 Å². The van der Waals surface area contributed by atoms with Gasteiger partial charge in [0.25, 0.3) is 11.8 Å². The minimum absolute atomic E-state index is 0.235. The van der Waals surface area contributed by atoms with Crippen molar-refractivity contribution >= 4 is 46.6 Å². The summed E-state index contributed by atoms with van der Waals surface area (Å²) in [7, 11) is 0. The molecule has 1 aliphatic heterocycles. The Morgan fingerprint density at radius 3 is 2.43 bits per heavy atom. The summed E-state index contributed by atoms with van der Waals surface area (Å²) in [4.78, 5) is 25.3. The van der Waals surface area contributed by atoms with Gasteiger partial charge in [0.2, 0.25) is 0 Å². The van der Waals surface area contributed by atoms with Crippen LogP contribution >= 0.6 is 11.6 Å². The molecule has 0 aromatic heterocycles. The normalized spacial score (nSPS) is 14.1. The third-order valence-corrected chi connectivity index (χ3v) is 5.39. The number of halogens is 1. The minimum atomic E-state index is -0.328. The molecule has 0 spiro atoms. The lowest BCUT2D eigenvalue weighted by Crippen LogP contribution is -2.21. The summed E-state index contributed by atoms with van der Waals surface area (Å²) in [6.45, 7) is 3.73. The molecule has 3 aromatic rings. The molecule has 0 unspecified atom stereocenters. The van der Waals surface area contributed by atoms with E-state index in [0.717, 1.165) is 0 Å². The van der Waals surface area contributed by atoms with Crippen LogP contribution in [0.25, 0.3) is 6.08 Å². The molecule has 1 aliphatic rings. The average molecular weight is 490 g/mol. The molecular formula is C27H24ClN3O4. The largest absolute Gasteiger partial charge is 0.490 e. The number of ether oxygens (including phenoxy) is 2. The molecule has 35 heavy (non-hydrogen) atoms. The molecule has 4 rings (SSSR count). The van der Waals surface area contributed by atoms with E-state index in [9.17, 15) is 9.59 Å². The second-order valence-corrected chi connectivity index (χ2v) is 8.07. The number of hydrogen-bond donors (Lipinski definition) is 1. The van der Waals surface area contributed by atoms with Crippen LogP contribution in [0.1, 0.15) is 19.4 Å². The number of nitrogens with zero attached hydrogens (tertiary/aromatic N) is 2. The number of para-hydroxylation sites is 2. The van der Waals surface area contributed by atoms with E-state index in [1.54, 1.807) is 37.3 Å². The topological polar surface area (TPSA) is 80.2 Å². The number of hydrazone groups is 1. The zero-order valence-corrected chi connectivity index (χ0v) is 20.1. The summed E-state index contributed by atoms with van der Waals surface area (Å²) < 4.78 is 11.4. The molecule has 7 nitrogen and oxygen atoms in total. The Bertz CT molecular complexity index is 1290. The summed E-state index contributed by atoms with van der Waals surface area (Å²) in [6.07, 6.45) is 1.71. The number of amides is 2. The first-order valence-corrected chi connectivity index (χ1v) is 11.4. The lowest BCUT2D eigenvalue weighted by atomic mass is 10.1. The van der Waals surface area contributed by atoms with Gasteiger partial charge in [0, 0.05) is 5.69 Å². The van der Waals surface area contributed by atoms with Crippen LogP contribution in [-0.2, 0) is 9.59 Å². The Morgan fingerprint density at radius 1 is 1.06 bits per heavy atom. The molecule has 0 saturated heterocycles. The summed E-state index contributed by atoms with van der Waals surface area (Å²) in [5.74, 6) is 0.0678. The molecule has 0 bridgehead atoms. The van der Waals surface area contributed by atoms with Crippen LogP contribution in [0.3, 0.4) is 0 Å². The Hall–Kier alpha value is -4.10. The maximum Gasteiger partial charge on any atom is 0.280 e. The minimum Gasteiger partial charge on any atom is -0.490 e. The van der Waals surface area contributed by atoms with Crippen LogP contribution in [0.15, 0.2) is 83.5 Å². The van der Waals surface area contributed by atoms with E-state index in [1.807, 2.05) is 55.5 Å². The second kappa shape index (κ2) is 10.9. The van der Waals surface area contributed by atoms with E-state index in [-0.39, 0.29) is 29.2 Å². The highest BCUT2D eigenvalue weighted by molar-refractivity contribution is 6.33. The van der Waals surface area contributed by atoms with Gasteiger partial charge >= 0.3 is 0 Å². The number of carbonyl (C=O) groups is 2. The zero-order valence-electron chi connectivity index (χ0n) is 19.3. The predicted octanol–water partition coefficient (Wildman–Crippen LogP) is 5.56. The van der Waals surface area contributed by atoms with Crippen molar-refractivity contribution in [2.75, 3.05) is 23.5 Å². The van der Waals surface area contributed by atoms with E-state index in [0.29, 0.717) is 40.6 Å². The predicted molar refractivity (Wildman–Crippen MR) is 138 cm³/mol. The Kier molecular flexibility index (Phi) is 7.48. The van der Waals surface area contributed by atoms with E-state index in [2.05, 4.69) is 10.4 Å². The molecule has 2 amide bonds. The van der Waals surface area contributed by atoms with Crippen LogP contribution in [0, 0.1) is 0 Å². The highest BCUT2D eigenvalue weighted by atomic mass is 35.5. The van der Waals surface area contributed by atoms with E-state index >= 15 is 0 Å². The fraction of sp³-hybridized carbons (Fsp3) is 0.148. The van der Waals surface area contributed by atoms with Gasteiger partial charge in [-0.15, -0.1) is 0 Å². The smallest absolute Gasteiger partial charge is 0.280 e. The third kappa shape index (κ3) is 5.70. The van der Waals surface area contributed by atoms with Crippen molar-refractivity contribution in [3.63, 3.8) is 0 Å². The molecule has 8 heteroatoms. The van der Waals surface area contributed by atoms with Crippen molar-refractivity contribution in [1.82, 2.24) is 0 Å². The van der Waals surface area contributed by atoms with Gasteiger partial charge in [0.05, 0.1) is 28.6 Å². The molecule has 0 saturated carbocycles. The number of carbonyl (C=O) groups excluding carboxylic acids is 2. The number of hydrogen-bond acceptors (Lipinski definition) is 5. The van der Waals surface area contributed by atoms with Crippen LogP contribution in [0.2, 0.25) is 5.02 Å². The lowest BCUT2D eigenvalue weighted by molar-refractivity contribution is -0.118. The molecule has 178 valence electrons. The molecule has 1 N–H and O–H groups in total. The van der Waals surface area contributed by atoms with Crippen molar-refractivity contribution in [2.24, 2.45) is 5.10 Å². The van der Waals surface area contributed by atoms with E-state index in [1.165, 1.54) is 5.01 Å². The van der Waals surface area contributed by atoms with Gasteiger partial charge in [-0.25, -0.2) is 0 Å². The first kappa shape index (κ1) is 24.0. The number of anilines is 2. The lowest BCUT2D eigenvalue weighted by Gasteiger charge is -2.15. The van der Waals surface area contributed by atoms with Crippen molar-refractivity contribution in [3.8, 4) is 11.5 Å². The van der Waals surface area contributed by atoms with Crippen LogP contribution in [0.4, 0.5) is 11.4 Å². The number of rotatable bonds is 8. The first-order valence-electron chi connectivity index (χ1n) is 11.1. The van der Waals surface area contributed by atoms with Crippen LogP contribution in [-0.4, -0.2) is 30.7 Å². The molecule has 0 fully saturated rings. The Balaban J connectivity index is 1.54. The van der Waals surface area contributed by atoms with Crippen molar-refractivity contribution < 1.29 is 19.1 Å². The van der Waals surface area contributed by atoms with Crippen LogP contribution in [0.5, 0.6) is 11.5 Å². The molecule has 0 aliphatic carbocycles. The van der Waals surface area contributed by atoms with Gasteiger partial charge in [-0.1, -0.05) is 48.0 Å². The molecule has 1 heterocycles. The summed E-state index contributed by atoms with van der Waals surface area (Å²) in [6, 6.07) is 21.7. The highest BCUT2D eigenvalue weighted by Crippen LogP contribution is 2.38. The van der Waals surface area contributed by atoms with Gasteiger partial charge in [0.1, 0.15) is 0 Å². The maximum atomic E-state index is 13.0. The van der Waals surface area contributed by atoms with Gasteiger partial charge in [-0.3, -0.25) is 9.59 Å². The molecule has 0 radical (unpaired) electrons. The average Bonchev–Trinajstić information content (AvgIpc) is 3.13. The standard InChI is InChI=1S/C27H24ClN3O4/c1-3-34-24-16-19(14-22-18(2)30-31(27(22)33)21-12-8-5-9-13-21)15-23(28)26(24)35-17-25(32)29-20-10-6-4-7-11-20/h4-16H,3,17H2,1-2H3,(H,29,32)/b22-14+. The van der Waals surface area contributed by atoms with E-state index in [4.69, 9.17) is 21.1 Å². The van der Waals surface area contributed by atoms with Gasteiger partial charge in [0.15, 0.2) is 18.1 Å². The van der Waals surface area contributed by atoms with Crippen molar-refractivity contribution in [1.29, 1.82) is 0 Å². The fourth-order valence-corrected chi connectivity index (χ4v) is 3.80. The van der Waals surface area contributed by atoms with Crippen molar-refractivity contribution in [2.45, 2.75) is 13.8 Å². The Morgan fingerprint density at radius 2 is 1.74 bits per heavy atom. The van der Waals surface area contributed by atoms with Crippen LogP contribution < -0.4 is 19.8 Å². The third-order valence-electron chi connectivity index (χ3n) is 5.11. The Labute approximate surface area is 208 Å². The molecule has 0 atom stereocenters. The SMILES string of the molecule is CCOc1cc(/C=C2/C(=O)N(c3ccccc3)N=C2C)cc(Cl)c1OCC(=O)Nc1ccccc1.